The van der Waals surface area contributed by atoms with Gasteiger partial charge in [0.05, 0.1) is 26.7 Å². The standard InChI is InChI=1S/C25H22Cl2N2O2S/c1-15-8-10-16(11-9-15)25-19-5-2-4-18(19)20-14-17(12-13-22(20)28-25)32(30,31)29-23-7-3-6-21(26)24(23)27/h2-4,6-14,18-19,25,28-29H,5H2,1H3/t18-,19+,25+/m0/s1. The SMILES string of the molecule is Cc1ccc([C@H]2Nc3ccc(S(=O)(=O)Nc4cccc(Cl)c4Cl)cc3[C@H]3C=CC[C@H]32)cc1. The maximum absolute atomic E-state index is 13.1. The quantitative estimate of drug-likeness (QED) is 0.394. The topological polar surface area (TPSA) is 58.2 Å². The van der Waals surface area contributed by atoms with Gasteiger partial charge in [-0.2, -0.15) is 0 Å². The summed E-state index contributed by atoms with van der Waals surface area (Å²) in [5.41, 5.74) is 4.69. The predicted octanol–water partition coefficient (Wildman–Crippen LogP) is 6.93. The van der Waals surface area contributed by atoms with E-state index in [1.807, 2.05) is 6.07 Å². The molecule has 0 unspecified atom stereocenters. The maximum atomic E-state index is 13.1. The summed E-state index contributed by atoms with van der Waals surface area (Å²) in [7, 11) is -3.83. The van der Waals surface area contributed by atoms with Crippen LogP contribution in [0.1, 0.15) is 35.1 Å². The second-order valence-corrected chi connectivity index (χ2v) is 10.8. The number of rotatable bonds is 4. The number of sulfonamides is 1. The van der Waals surface area contributed by atoms with Crippen LogP contribution in [-0.4, -0.2) is 8.42 Å². The zero-order chi connectivity index (χ0) is 22.5. The Bertz CT molecular complexity index is 1320. The first-order valence-electron chi connectivity index (χ1n) is 10.4. The molecule has 3 atom stereocenters. The van der Waals surface area contributed by atoms with Crippen LogP contribution in [0.3, 0.4) is 0 Å². The Morgan fingerprint density at radius 1 is 1.03 bits per heavy atom. The van der Waals surface area contributed by atoms with E-state index >= 15 is 0 Å². The van der Waals surface area contributed by atoms with Gasteiger partial charge in [-0.3, -0.25) is 4.72 Å². The van der Waals surface area contributed by atoms with Crippen LogP contribution in [0.2, 0.25) is 10.0 Å². The number of benzene rings is 3. The van der Waals surface area contributed by atoms with E-state index < -0.39 is 10.0 Å². The zero-order valence-electron chi connectivity index (χ0n) is 17.3. The summed E-state index contributed by atoms with van der Waals surface area (Å²) in [6, 6.07) is 18.9. The molecule has 1 aliphatic carbocycles. The third-order valence-corrected chi connectivity index (χ3v) is 8.46. The van der Waals surface area contributed by atoms with E-state index in [0.29, 0.717) is 10.9 Å². The van der Waals surface area contributed by atoms with Crippen LogP contribution in [0, 0.1) is 12.8 Å². The first kappa shape index (κ1) is 21.4. The normalized spacial score (nSPS) is 21.5. The minimum absolute atomic E-state index is 0.155. The fourth-order valence-electron chi connectivity index (χ4n) is 4.63. The number of halogens is 2. The molecule has 1 heterocycles. The van der Waals surface area contributed by atoms with Gasteiger partial charge in [-0.1, -0.05) is 71.2 Å². The molecule has 164 valence electrons. The lowest BCUT2D eigenvalue weighted by Gasteiger charge is -2.37. The lowest BCUT2D eigenvalue weighted by atomic mass is 9.77. The molecule has 0 amide bonds. The largest absolute Gasteiger partial charge is 0.378 e. The van der Waals surface area contributed by atoms with Crippen molar-refractivity contribution in [2.45, 2.75) is 30.2 Å². The number of nitrogens with one attached hydrogen (secondary N) is 2. The van der Waals surface area contributed by atoms with E-state index in [-0.39, 0.29) is 27.6 Å². The van der Waals surface area contributed by atoms with Gasteiger partial charge in [0.25, 0.3) is 10.0 Å². The minimum atomic E-state index is -3.83. The Hall–Kier alpha value is -2.47. The molecule has 0 fully saturated rings. The van der Waals surface area contributed by atoms with Crippen LogP contribution in [0.4, 0.5) is 11.4 Å². The lowest BCUT2D eigenvalue weighted by Crippen LogP contribution is -2.29. The van der Waals surface area contributed by atoms with Gasteiger partial charge in [0.1, 0.15) is 0 Å². The van der Waals surface area contributed by atoms with E-state index in [1.54, 1.807) is 30.3 Å². The molecule has 7 heteroatoms. The van der Waals surface area contributed by atoms with E-state index in [9.17, 15) is 8.42 Å². The predicted molar refractivity (Wildman–Crippen MR) is 131 cm³/mol. The van der Waals surface area contributed by atoms with Crippen molar-refractivity contribution in [1.82, 2.24) is 0 Å². The maximum Gasteiger partial charge on any atom is 0.261 e. The number of aryl methyl sites for hydroxylation is 1. The van der Waals surface area contributed by atoms with Crippen molar-refractivity contribution in [3.8, 4) is 0 Å². The van der Waals surface area contributed by atoms with Crippen molar-refractivity contribution >= 4 is 44.6 Å². The average Bonchev–Trinajstić information content (AvgIpc) is 3.27. The Balaban J connectivity index is 1.49. The van der Waals surface area contributed by atoms with Crippen molar-refractivity contribution in [2.75, 3.05) is 10.0 Å². The molecule has 0 spiro atoms. The van der Waals surface area contributed by atoms with Crippen LogP contribution in [0.5, 0.6) is 0 Å². The van der Waals surface area contributed by atoms with Crippen LogP contribution >= 0.6 is 23.2 Å². The van der Waals surface area contributed by atoms with Gasteiger partial charge < -0.3 is 5.32 Å². The van der Waals surface area contributed by atoms with Crippen molar-refractivity contribution < 1.29 is 8.42 Å². The summed E-state index contributed by atoms with van der Waals surface area (Å²) in [6.07, 6.45) is 5.34. The summed E-state index contributed by atoms with van der Waals surface area (Å²) >= 11 is 12.2. The van der Waals surface area contributed by atoms with Crippen molar-refractivity contribution in [2.24, 2.45) is 5.92 Å². The number of anilines is 2. The van der Waals surface area contributed by atoms with Gasteiger partial charge in [-0.15, -0.1) is 0 Å². The number of hydrogen-bond acceptors (Lipinski definition) is 3. The highest BCUT2D eigenvalue weighted by molar-refractivity contribution is 7.92. The number of fused-ring (bicyclic) bond motifs is 3. The fraction of sp³-hybridized carbons (Fsp3) is 0.200. The van der Waals surface area contributed by atoms with Crippen LogP contribution in [0.15, 0.2) is 77.7 Å². The van der Waals surface area contributed by atoms with Crippen LogP contribution in [-0.2, 0) is 10.0 Å². The Labute approximate surface area is 198 Å². The second-order valence-electron chi connectivity index (χ2n) is 8.34. The molecule has 0 radical (unpaired) electrons. The number of allylic oxidation sites excluding steroid dienone is 2. The first-order chi connectivity index (χ1) is 15.3. The zero-order valence-corrected chi connectivity index (χ0v) is 19.7. The smallest absolute Gasteiger partial charge is 0.261 e. The molecule has 2 N–H and O–H groups in total. The molecule has 1 aliphatic heterocycles. The fourth-order valence-corrected chi connectivity index (χ4v) is 6.14. The Morgan fingerprint density at radius 2 is 1.81 bits per heavy atom. The minimum Gasteiger partial charge on any atom is -0.378 e. The van der Waals surface area contributed by atoms with Gasteiger partial charge in [-0.05, 0) is 60.7 Å². The van der Waals surface area contributed by atoms with Gasteiger partial charge in [-0.25, -0.2) is 8.42 Å². The molecule has 0 saturated heterocycles. The lowest BCUT2D eigenvalue weighted by molar-refractivity contribution is 0.425. The third-order valence-electron chi connectivity index (χ3n) is 6.28. The molecule has 3 aromatic carbocycles. The highest BCUT2D eigenvalue weighted by atomic mass is 35.5. The molecule has 2 aliphatic rings. The van der Waals surface area contributed by atoms with E-state index in [1.165, 1.54) is 11.1 Å². The van der Waals surface area contributed by atoms with Crippen molar-refractivity contribution in [1.29, 1.82) is 0 Å². The highest BCUT2D eigenvalue weighted by Crippen LogP contribution is 2.50. The van der Waals surface area contributed by atoms with Gasteiger partial charge in [0.15, 0.2) is 0 Å². The second kappa shape index (κ2) is 8.14. The molecule has 5 rings (SSSR count). The van der Waals surface area contributed by atoms with Gasteiger partial charge in [0, 0.05) is 11.6 Å². The van der Waals surface area contributed by atoms with Crippen molar-refractivity contribution in [3.05, 3.63) is 99.6 Å². The molecular weight excluding hydrogens is 463 g/mol. The number of hydrogen-bond donors (Lipinski definition) is 2. The Kier molecular flexibility index (Phi) is 5.44. The molecule has 3 aromatic rings. The first-order valence-corrected chi connectivity index (χ1v) is 12.7. The Morgan fingerprint density at radius 3 is 2.59 bits per heavy atom. The highest BCUT2D eigenvalue weighted by Gasteiger charge is 2.38. The van der Waals surface area contributed by atoms with E-state index in [4.69, 9.17) is 23.2 Å². The summed E-state index contributed by atoms with van der Waals surface area (Å²) in [4.78, 5) is 0.196. The van der Waals surface area contributed by atoms with Crippen LogP contribution in [0.25, 0.3) is 0 Å². The summed E-state index contributed by atoms with van der Waals surface area (Å²) in [5.74, 6) is 0.487. The van der Waals surface area contributed by atoms with E-state index in [0.717, 1.165) is 17.7 Å². The molecular formula is C25H22Cl2N2O2S. The summed E-state index contributed by atoms with van der Waals surface area (Å²) in [6.45, 7) is 2.08. The average molecular weight is 485 g/mol. The molecule has 32 heavy (non-hydrogen) atoms. The molecule has 4 nitrogen and oxygen atoms in total. The molecule has 0 bridgehead atoms. The van der Waals surface area contributed by atoms with Gasteiger partial charge >= 0.3 is 0 Å². The summed E-state index contributed by atoms with van der Waals surface area (Å²) in [5, 5.41) is 4.13. The van der Waals surface area contributed by atoms with E-state index in [2.05, 4.69) is 53.4 Å². The van der Waals surface area contributed by atoms with Crippen molar-refractivity contribution in [3.63, 3.8) is 0 Å². The molecule has 0 saturated carbocycles. The van der Waals surface area contributed by atoms with Crippen LogP contribution < -0.4 is 10.0 Å². The van der Waals surface area contributed by atoms with Gasteiger partial charge in [0.2, 0.25) is 0 Å². The summed E-state index contributed by atoms with van der Waals surface area (Å²) < 4.78 is 28.8. The molecule has 0 aromatic heterocycles. The monoisotopic (exact) mass is 484 g/mol. The third kappa shape index (κ3) is 3.79.